The second kappa shape index (κ2) is 4.19. The molecule has 2 rings (SSSR count). The Morgan fingerprint density at radius 3 is 2.93 bits per heavy atom. The maximum Gasteiger partial charge on any atom is 0.146 e. The largest absolute Gasteiger partial charge is 0.367 e. The Balaban J connectivity index is 2.28. The molecule has 1 heterocycles. The maximum atomic E-state index is 13.7. The summed E-state index contributed by atoms with van der Waals surface area (Å²) < 4.78 is 13.7. The van der Waals surface area contributed by atoms with Crippen molar-refractivity contribution in [1.82, 2.24) is 0 Å². The summed E-state index contributed by atoms with van der Waals surface area (Å²) in [7, 11) is 0. The summed E-state index contributed by atoms with van der Waals surface area (Å²) in [4.78, 5) is 2.07. The lowest BCUT2D eigenvalue weighted by Crippen LogP contribution is -2.43. The number of nitrogens with two attached hydrogens (primary N) is 1. The Bertz CT molecular complexity index is 331. The second-order valence-corrected chi connectivity index (χ2v) is 4.25. The number of hydrogen-bond acceptors (Lipinski definition) is 2. The van der Waals surface area contributed by atoms with E-state index in [1.165, 1.54) is 6.07 Å². The summed E-state index contributed by atoms with van der Waals surface area (Å²) in [5.41, 5.74) is 7.62. The fraction of sp³-hybridized carbons (Fsp3) is 0.500. The van der Waals surface area contributed by atoms with Gasteiger partial charge in [-0.1, -0.05) is 12.1 Å². The van der Waals surface area contributed by atoms with Crippen molar-refractivity contribution < 1.29 is 4.39 Å². The van der Waals surface area contributed by atoms with Gasteiger partial charge in [0, 0.05) is 19.1 Å². The van der Waals surface area contributed by atoms with Crippen LogP contribution >= 0.6 is 0 Å². The van der Waals surface area contributed by atoms with E-state index < -0.39 is 0 Å². The van der Waals surface area contributed by atoms with Crippen LogP contribution in [0, 0.1) is 12.7 Å². The van der Waals surface area contributed by atoms with Gasteiger partial charge in [0.15, 0.2) is 0 Å². The van der Waals surface area contributed by atoms with Crippen molar-refractivity contribution >= 4 is 5.69 Å². The Hall–Kier alpha value is -1.09. The standard InChI is InChI=1S/C12H17FN2/c1-9-4-2-6-11(13)12(9)15-7-3-5-10(14)8-15/h2,4,6,10H,3,5,7-8,14H2,1H3/t10-/m1/s1. The zero-order chi connectivity index (χ0) is 10.8. The number of hydrogen-bond donors (Lipinski definition) is 1. The van der Waals surface area contributed by atoms with Crippen LogP contribution in [0.3, 0.4) is 0 Å². The lowest BCUT2D eigenvalue weighted by atomic mass is 10.0. The average molecular weight is 208 g/mol. The normalized spacial score (nSPS) is 21.8. The molecule has 1 aliphatic rings. The highest BCUT2D eigenvalue weighted by atomic mass is 19.1. The smallest absolute Gasteiger partial charge is 0.146 e. The van der Waals surface area contributed by atoms with Crippen LogP contribution in [-0.2, 0) is 0 Å². The van der Waals surface area contributed by atoms with E-state index in [0.29, 0.717) is 0 Å². The summed E-state index contributed by atoms with van der Waals surface area (Å²) in [6, 6.07) is 5.39. The fourth-order valence-electron chi connectivity index (χ4n) is 2.24. The molecule has 3 heteroatoms. The minimum atomic E-state index is -0.135. The minimum absolute atomic E-state index is 0.135. The minimum Gasteiger partial charge on any atom is -0.367 e. The highest BCUT2D eigenvalue weighted by Gasteiger charge is 2.20. The van der Waals surface area contributed by atoms with E-state index in [4.69, 9.17) is 5.73 Å². The summed E-state index contributed by atoms with van der Waals surface area (Å²) in [6.07, 6.45) is 2.10. The second-order valence-electron chi connectivity index (χ2n) is 4.25. The summed E-state index contributed by atoms with van der Waals surface area (Å²) in [5.74, 6) is -0.135. The molecule has 0 saturated carbocycles. The van der Waals surface area contributed by atoms with Crippen LogP contribution in [0.2, 0.25) is 0 Å². The highest BCUT2D eigenvalue weighted by molar-refractivity contribution is 5.54. The van der Waals surface area contributed by atoms with Crippen LogP contribution in [0.15, 0.2) is 18.2 Å². The highest BCUT2D eigenvalue weighted by Crippen LogP contribution is 2.26. The first kappa shape index (κ1) is 10.4. The first-order chi connectivity index (χ1) is 7.18. The molecule has 0 radical (unpaired) electrons. The van der Waals surface area contributed by atoms with Gasteiger partial charge in [0.25, 0.3) is 0 Å². The molecule has 2 N–H and O–H groups in total. The van der Waals surface area contributed by atoms with Gasteiger partial charge in [-0.2, -0.15) is 0 Å². The molecule has 1 saturated heterocycles. The number of anilines is 1. The predicted octanol–water partition coefficient (Wildman–Crippen LogP) is 2.06. The van der Waals surface area contributed by atoms with Gasteiger partial charge in [-0.15, -0.1) is 0 Å². The number of aryl methyl sites for hydroxylation is 1. The van der Waals surface area contributed by atoms with Crippen LogP contribution < -0.4 is 10.6 Å². The number of piperidine rings is 1. The molecule has 0 aliphatic carbocycles. The van der Waals surface area contributed by atoms with Crippen LogP contribution in [0.5, 0.6) is 0 Å². The molecule has 1 fully saturated rings. The van der Waals surface area contributed by atoms with Crippen molar-refractivity contribution in [3.63, 3.8) is 0 Å². The van der Waals surface area contributed by atoms with Gasteiger partial charge in [-0.05, 0) is 31.4 Å². The van der Waals surface area contributed by atoms with Crippen LogP contribution in [-0.4, -0.2) is 19.1 Å². The molecule has 1 aliphatic heterocycles. The third-order valence-electron chi connectivity index (χ3n) is 2.96. The Kier molecular flexibility index (Phi) is 2.91. The number of para-hydroxylation sites is 1. The number of benzene rings is 1. The van der Waals surface area contributed by atoms with Crippen LogP contribution in [0.25, 0.3) is 0 Å². The van der Waals surface area contributed by atoms with Crippen molar-refractivity contribution in [2.75, 3.05) is 18.0 Å². The zero-order valence-electron chi connectivity index (χ0n) is 9.04. The van der Waals surface area contributed by atoms with Gasteiger partial charge in [0.2, 0.25) is 0 Å². The van der Waals surface area contributed by atoms with E-state index in [0.717, 1.165) is 37.2 Å². The molecule has 0 unspecified atom stereocenters. The van der Waals surface area contributed by atoms with Crippen molar-refractivity contribution in [1.29, 1.82) is 0 Å². The number of halogens is 1. The molecule has 0 amide bonds. The molecule has 1 aromatic carbocycles. The lowest BCUT2D eigenvalue weighted by Gasteiger charge is -2.33. The average Bonchev–Trinajstić information content (AvgIpc) is 2.17. The summed E-state index contributed by atoms with van der Waals surface area (Å²) >= 11 is 0. The molecular formula is C12H17FN2. The fourth-order valence-corrected chi connectivity index (χ4v) is 2.24. The van der Waals surface area contributed by atoms with E-state index in [1.54, 1.807) is 6.07 Å². The predicted molar refractivity (Wildman–Crippen MR) is 60.6 cm³/mol. The first-order valence-corrected chi connectivity index (χ1v) is 5.44. The number of rotatable bonds is 1. The number of nitrogens with zero attached hydrogens (tertiary/aromatic N) is 1. The van der Waals surface area contributed by atoms with Crippen LogP contribution in [0.4, 0.5) is 10.1 Å². The third kappa shape index (κ3) is 2.12. The molecule has 0 spiro atoms. The third-order valence-corrected chi connectivity index (χ3v) is 2.96. The van der Waals surface area contributed by atoms with Crippen molar-refractivity contribution in [3.05, 3.63) is 29.6 Å². The topological polar surface area (TPSA) is 29.3 Å². The molecule has 0 aromatic heterocycles. The van der Waals surface area contributed by atoms with Gasteiger partial charge >= 0.3 is 0 Å². The molecule has 15 heavy (non-hydrogen) atoms. The first-order valence-electron chi connectivity index (χ1n) is 5.44. The molecular weight excluding hydrogens is 191 g/mol. The van der Waals surface area contributed by atoms with Crippen molar-refractivity contribution in [2.24, 2.45) is 5.73 Å². The molecule has 0 bridgehead atoms. The Morgan fingerprint density at radius 2 is 2.27 bits per heavy atom. The van der Waals surface area contributed by atoms with Gasteiger partial charge in [-0.3, -0.25) is 0 Å². The molecule has 1 aromatic rings. The Labute approximate surface area is 89.9 Å². The van der Waals surface area contributed by atoms with Crippen LogP contribution in [0.1, 0.15) is 18.4 Å². The van der Waals surface area contributed by atoms with Gasteiger partial charge in [-0.25, -0.2) is 4.39 Å². The van der Waals surface area contributed by atoms with Crippen molar-refractivity contribution in [2.45, 2.75) is 25.8 Å². The SMILES string of the molecule is Cc1cccc(F)c1N1CCC[C@@H](N)C1. The van der Waals surface area contributed by atoms with E-state index in [9.17, 15) is 4.39 Å². The molecule has 82 valence electrons. The molecule has 2 nitrogen and oxygen atoms in total. The van der Waals surface area contributed by atoms with Gasteiger partial charge in [0.05, 0.1) is 5.69 Å². The monoisotopic (exact) mass is 208 g/mol. The van der Waals surface area contributed by atoms with E-state index >= 15 is 0 Å². The maximum absolute atomic E-state index is 13.7. The van der Waals surface area contributed by atoms with Gasteiger partial charge < -0.3 is 10.6 Å². The zero-order valence-corrected chi connectivity index (χ0v) is 9.04. The molecule has 1 atom stereocenters. The van der Waals surface area contributed by atoms with Gasteiger partial charge in [0.1, 0.15) is 5.82 Å². The summed E-state index contributed by atoms with van der Waals surface area (Å²) in [5, 5.41) is 0. The lowest BCUT2D eigenvalue weighted by molar-refractivity contribution is 0.497. The van der Waals surface area contributed by atoms with Crippen molar-refractivity contribution in [3.8, 4) is 0 Å². The van der Waals surface area contributed by atoms with E-state index in [1.807, 2.05) is 13.0 Å². The van der Waals surface area contributed by atoms with E-state index in [2.05, 4.69) is 4.90 Å². The quantitative estimate of drug-likeness (QED) is 0.765. The summed E-state index contributed by atoms with van der Waals surface area (Å²) in [6.45, 7) is 3.62. The van der Waals surface area contributed by atoms with E-state index in [-0.39, 0.29) is 11.9 Å². The Morgan fingerprint density at radius 1 is 1.47 bits per heavy atom.